The van der Waals surface area contributed by atoms with E-state index in [9.17, 15) is 9.59 Å². The molecule has 2 rings (SSSR count). The molecule has 1 heterocycles. The van der Waals surface area contributed by atoms with Gasteiger partial charge < -0.3 is 5.32 Å². The Morgan fingerprint density at radius 1 is 1.43 bits per heavy atom. The van der Waals surface area contributed by atoms with Crippen LogP contribution in [0.15, 0.2) is 0 Å². The summed E-state index contributed by atoms with van der Waals surface area (Å²) in [5.41, 5.74) is 0.150. The number of nitrogens with zero attached hydrogens (tertiary/aromatic N) is 1. The minimum atomic E-state index is -0.234. The van der Waals surface area contributed by atoms with E-state index in [0.717, 1.165) is 18.2 Å². The highest BCUT2D eigenvalue weighted by Gasteiger charge is 2.41. The van der Waals surface area contributed by atoms with E-state index < -0.39 is 0 Å². The lowest BCUT2D eigenvalue weighted by molar-refractivity contribution is -0.126. The van der Waals surface area contributed by atoms with Gasteiger partial charge in [-0.3, -0.25) is 9.69 Å². The molecular formula is C9H13BrN2O2. The van der Waals surface area contributed by atoms with Crippen LogP contribution in [0.4, 0.5) is 4.79 Å². The van der Waals surface area contributed by atoms with E-state index in [0.29, 0.717) is 6.54 Å². The summed E-state index contributed by atoms with van der Waals surface area (Å²) in [5, 5.41) is 3.41. The standard InChI is InChI=1S/C9H13BrN2O2/c10-5-9(2-1-3-9)6-12-7(13)4-11-8(12)14/h1-6H2,(H,11,14). The van der Waals surface area contributed by atoms with Crippen molar-refractivity contribution in [2.24, 2.45) is 5.41 Å². The summed E-state index contributed by atoms with van der Waals surface area (Å²) >= 11 is 3.46. The van der Waals surface area contributed by atoms with E-state index >= 15 is 0 Å². The molecule has 3 amide bonds. The first-order valence-electron chi connectivity index (χ1n) is 4.81. The average Bonchev–Trinajstić information content (AvgIpc) is 2.41. The summed E-state index contributed by atoms with van der Waals surface area (Å²) in [6, 6.07) is -0.234. The fourth-order valence-corrected chi connectivity index (χ4v) is 2.70. The fraction of sp³-hybridized carbons (Fsp3) is 0.778. The maximum Gasteiger partial charge on any atom is 0.324 e. The second kappa shape index (κ2) is 3.53. The van der Waals surface area contributed by atoms with Crippen molar-refractivity contribution in [1.82, 2.24) is 10.2 Å². The summed E-state index contributed by atoms with van der Waals surface area (Å²) in [7, 11) is 0. The molecule has 14 heavy (non-hydrogen) atoms. The number of amides is 3. The Bertz CT molecular complexity index is 254. The number of nitrogens with one attached hydrogen (secondary N) is 1. The number of imide groups is 1. The van der Waals surface area contributed by atoms with Gasteiger partial charge >= 0.3 is 6.03 Å². The van der Waals surface area contributed by atoms with Crippen LogP contribution in [0.3, 0.4) is 0 Å². The maximum atomic E-state index is 11.3. The van der Waals surface area contributed by atoms with Gasteiger partial charge in [-0.25, -0.2) is 4.79 Å². The SMILES string of the molecule is O=C1CNC(=O)N1CC1(CBr)CCC1. The van der Waals surface area contributed by atoms with E-state index in [-0.39, 0.29) is 23.9 Å². The zero-order chi connectivity index (χ0) is 10.2. The van der Waals surface area contributed by atoms with Crippen LogP contribution in [-0.4, -0.2) is 35.3 Å². The first-order chi connectivity index (χ1) is 6.67. The third-order valence-corrected chi connectivity index (χ3v) is 4.32. The Hall–Kier alpha value is -0.580. The average molecular weight is 261 g/mol. The number of carbonyl (C=O) groups excluding carboxylic acids is 2. The molecule has 0 aromatic carbocycles. The number of alkyl halides is 1. The Kier molecular flexibility index (Phi) is 2.51. The van der Waals surface area contributed by atoms with Gasteiger partial charge in [-0.05, 0) is 18.3 Å². The number of hydrogen-bond donors (Lipinski definition) is 1. The van der Waals surface area contributed by atoms with Crippen molar-refractivity contribution in [3.63, 3.8) is 0 Å². The second-order valence-electron chi connectivity index (χ2n) is 4.13. The Balaban J connectivity index is 2.02. The van der Waals surface area contributed by atoms with Crippen molar-refractivity contribution in [2.75, 3.05) is 18.4 Å². The minimum absolute atomic E-state index is 0.0952. The smallest absolute Gasteiger partial charge is 0.324 e. The number of halogens is 1. The monoisotopic (exact) mass is 260 g/mol. The molecular weight excluding hydrogens is 248 g/mol. The van der Waals surface area contributed by atoms with Crippen LogP contribution in [0, 0.1) is 5.41 Å². The lowest BCUT2D eigenvalue weighted by atomic mass is 9.70. The van der Waals surface area contributed by atoms with Crippen molar-refractivity contribution in [3.05, 3.63) is 0 Å². The molecule has 1 N–H and O–H groups in total. The summed E-state index contributed by atoms with van der Waals surface area (Å²) in [5.74, 6) is -0.0952. The quantitative estimate of drug-likeness (QED) is 0.611. The molecule has 5 heteroatoms. The van der Waals surface area contributed by atoms with Gasteiger partial charge in [0, 0.05) is 11.9 Å². The molecule has 2 fully saturated rings. The fourth-order valence-electron chi connectivity index (χ4n) is 1.96. The van der Waals surface area contributed by atoms with Gasteiger partial charge in [-0.1, -0.05) is 22.4 Å². The highest BCUT2D eigenvalue weighted by Crippen LogP contribution is 2.43. The first-order valence-corrected chi connectivity index (χ1v) is 5.93. The van der Waals surface area contributed by atoms with Crippen molar-refractivity contribution >= 4 is 27.9 Å². The molecule has 78 valence electrons. The summed E-state index contributed by atoms with van der Waals surface area (Å²) in [6.07, 6.45) is 3.42. The predicted octanol–water partition coefficient (Wildman–Crippen LogP) is 1.10. The van der Waals surface area contributed by atoms with Gasteiger partial charge in [0.05, 0.1) is 6.54 Å². The molecule has 1 saturated heterocycles. The third kappa shape index (κ3) is 1.54. The molecule has 0 spiro atoms. The van der Waals surface area contributed by atoms with E-state index in [4.69, 9.17) is 0 Å². The van der Waals surface area contributed by atoms with Gasteiger partial charge in [0.2, 0.25) is 5.91 Å². The third-order valence-electron chi connectivity index (χ3n) is 3.13. The van der Waals surface area contributed by atoms with Crippen LogP contribution in [0.1, 0.15) is 19.3 Å². The zero-order valence-corrected chi connectivity index (χ0v) is 9.47. The van der Waals surface area contributed by atoms with Crippen LogP contribution in [0.2, 0.25) is 0 Å². The highest BCUT2D eigenvalue weighted by atomic mass is 79.9. The molecule has 0 aromatic heterocycles. The van der Waals surface area contributed by atoms with Crippen LogP contribution in [0.25, 0.3) is 0 Å². The molecule has 1 aliphatic carbocycles. The molecule has 0 bridgehead atoms. The van der Waals surface area contributed by atoms with Crippen molar-refractivity contribution in [1.29, 1.82) is 0 Å². The summed E-state index contributed by atoms with van der Waals surface area (Å²) in [6.45, 7) is 0.736. The van der Waals surface area contributed by atoms with Crippen molar-refractivity contribution in [2.45, 2.75) is 19.3 Å². The van der Waals surface area contributed by atoms with Crippen LogP contribution >= 0.6 is 15.9 Å². The molecule has 2 aliphatic rings. The van der Waals surface area contributed by atoms with Crippen molar-refractivity contribution in [3.8, 4) is 0 Å². The minimum Gasteiger partial charge on any atom is -0.329 e. The largest absolute Gasteiger partial charge is 0.329 e. The molecule has 0 radical (unpaired) electrons. The molecule has 1 aliphatic heterocycles. The Morgan fingerprint density at radius 3 is 2.50 bits per heavy atom. The zero-order valence-electron chi connectivity index (χ0n) is 7.88. The molecule has 1 saturated carbocycles. The van der Waals surface area contributed by atoms with Gasteiger partial charge in [-0.2, -0.15) is 0 Å². The normalized spacial score (nSPS) is 24.8. The first kappa shape index (κ1) is 9.96. The second-order valence-corrected chi connectivity index (χ2v) is 4.69. The number of hydrogen-bond acceptors (Lipinski definition) is 2. The molecule has 0 unspecified atom stereocenters. The number of carbonyl (C=O) groups is 2. The van der Waals surface area contributed by atoms with Crippen LogP contribution in [-0.2, 0) is 4.79 Å². The molecule has 0 aromatic rings. The van der Waals surface area contributed by atoms with E-state index in [1.165, 1.54) is 11.3 Å². The van der Waals surface area contributed by atoms with Crippen LogP contribution < -0.4 is 5.32 Å². The maximum absolute atomic E-state index is 11.3. The summed E-state index contributed by atoms with van der Waals surface area (Å²) in [4.78, 5) is 24.0. The number of rotatable bonds is 3. The Labute approximate surface area is 91.1 Å². The lowest BCUT2D eigenvalue weighted by Gasteiger charge is -2.42. The van der Waals surface area contributed by atoms with Gasteiger partial charge in [0.25, 0.3) is 0 Å². The van der Waals surface area contributed by atoms with Crippen LogP contribution in [0.5, 0.6) is 0 Å². The van der Waals surface area contributed by atoms with E-state index in [1.54, 1.807) is 0 Å². The van der Waals surface area contributed by atoms with Gasteiger partial charge in [-0.15, -0.1) is 0 Å². The van der Waals surface area contributed by atoms with E-state index in [2.05, 4.69) is 21.2 Å². The predicted molar refractivity (Wildman–Crippen MR) is 55.2 cm³/mol. The van der Waals surface area contributed by atoms with Gasteiger partial charge in [0.15, 0.2) is 0 Å². The van der Waals surface area contributed by atoms with Gasteiger partial charge in [0.1, 0.15) is 0 Å². The molecule has 0 atom stereocenters. The topological polar surface area (TPSA) is 49.4 Å². The van der Waals surface area contributed by atoms with Crippen molar-refractivity contribution < 1.29 is 9.59 Å². The summed E-state index contributed by atoms with van der Waals surface area (Å²) < 4.78 is 0. The number of urea groups is 1. The van der Waals surface area contributed by atoms with E-state index in [1.807, 2.05) is 0 Å². The highest BCUT2D eigenvalue weighted by molar-refractivity contribution is 9.09. The lowest BCUT2D eigenvalue weighted by Crippen LogP contribution is -2.46. The Morgan fingerprint density at radius 2 is 2.14 bits per heavy atom. The molecule has 4 nitrogen and oxygen atoms in total.